The highest BCUT2D eigenvalue weighted by atomic mass is 16.4. The fourth-order valence-corrected chi connectivity index (χ4v) is 2.31. The van der Waals surface area contributed by atoms with E-state index in [-0.39, 0.29) is 12.0 Å². The molecule has 1 aromatic heterocycles. The van der Waals surface area contributed by atoms with Gasteiger partial charge >= 0.3 is 0 Å². The number of aryl methyl sites for hydroxylation is 2. The van der Waals surface area contributed by atoms with Crippen LogP contribution in [0.1, 0.15) is 37.8 Å². The standard InChI is InChI=1S/C18H24N2O3/c1-3-15(21)11-12-19-16(22)9-10-17-20-13(2)18(23-17)14-7-5-4-6-8-14/h4-8,15,21H,3,9-12H2,1-2H3,(H,19,22). The number of oxazole rings is 1. The third-order valence-corrected chi connectivity index (χ3v) is 3.71. The van der Waals surface area contributed by atoms with Crippen molar-refractivity contribution in [2.45, 2.75) is 45.6 Å². The van der Waals surface area contributed by atoms with Crippen LogP contribution < -0.4 is 5.32 Å². The molecule has 2 rings (SSSR count). The minimum atomic E-state index is -0.349. The van der Waals surface area contributed by atoms with Crippen molar-refractivity contribution >= 4 is 5.91 Å². The molecule has 1 amide bonds. The van der Waals surface area contributed by atoms with Gasteiger partial charge in [-0.1, -0.05) is 37.3 Å². The van der Waals surface area contributed by atoms with E-state index in [1.165, 1.54) is 0 Å². The predicted octanol–water partition coefficient (Wildman–Crippen LogP) is 2.86. The lowest BCUT2D eigenvalue weighted by Crippen LogP contribution is -2.27. The summed E-state index contributed by atoms with van der Waals surface area (Å²) < 4.78 is 5.78. The van der Waals surface area contributed by atoms with Gasteiger partial charge in [-0.3, -0.25) is 4.79 Å². The van der Waals surface area contributed by atoms with Crippen LogP contribution in [0.2, 0.25) is 0 Å². The van der Waals surface area contributed by atoms with Gasteiger partial charge in [-0.15, -0.1) is 0 Å². The van der Waals surface area contributed by atoms with Crippen molar-refractivity contribution < 1.29 is 14.3 Å². The Morgan fingerprint density at radius 2 is 2.09 bits per heavy atom. The Morgan fingerprint density at radius 1 is 1.35 bits per heavy atom. The van der Waals surface area contributed by atoms with Crippen molar-refractivity contribution in [3.63, 3.8) is 0 Å². The van der Waals surface area contributed by atoms with Gasteiger partial charge in [0.1, 0.15) is 0 Å². The van der Waals surface area contributed by atoms with Crippen LogP contribution >= 0.6 is 0 Å². The Morgan fingerprint density at radius 3 is 2.78 bits per heavy atom. The van der Waals surface area contributed by atoms with Gasteiger partial charge in [0.25, 0.3) is 0 Å². The molecule has 0 fully saturated rings. The van der Waals surface area contributed by atoms with Crippen LogP contribution in [-0.4, -0.2) is 28.6 Å². The molecule has 5 heteroatoms. The zero-order valence-electron chi connectivity index (χ0n) is 13.7. The maximum absolute atomic E-state index is 11.8. The summed E-state index contributed by atoms with van der Waals surface area (Å²) in [6, 6.07) is 9.81. The van der Waals surface area contributed by atoms with E-state index in [9.17, 15) is 9.90 Å². The number of amides is 1. The molecule has 124 valence electrons. The second-order valence-electron chi connectivity index (χ2n) is 5.59. The van der Waals surface area contributed by atoms with Gasteiger partial charge in [-0.2, -0.15) is 0 Å². The maximum Gasteiger partial charge on any atom is 0.220 e. The molecule has 0 saturated heterocycles. The van der Waals surface area contributed by atoms with E-state index in [2.05, 4.69) is 10.3 Å². The van der Waals surface area contributed by atoms with Crippen LogP contribution in [-0.2, 0) is 11.2 Å². The third kappa shape index (κ3) is 5.21. The second-order valence-corrected chi connectivity index (χ2v) is 5.59. The smallest absolute Gasteiger partial charge is 0.220 e. The molecule has 2 N–H and O–H groups in total. The number of hydrogen-bond donors (Lipinski definition) is 2. The summed E-state index contributed by atoms with van der Waals surface area (Å²) in [5.74, 6) is 1.28. The quantitative estimate of drug-likeness (QED) is 0.785. The lowest BCUT2D eigenvalue weighted by molar-refractivity contribution is -0.121. The minimum absolute atomic E-state index is 0.0505. The number of carbonyl (C=O) groups excluding carboxylic acids is 1. The molecule has 0 bridgehead atoms. The average molecular weight is 316 g/mol. The Kier molecular flexibility index (Phi) is 6.35. The molecule has 5 nitrogen and oxygen atoms in total. The van der Waals surface area contributed by atoms with Crippen LogP contribution in [0.3, 0.4) is 0 Å². The van der Waals surface area contributed by atoms with E-state index in [0.717, 1.165) is 17.0 Å². The monoisotopic (exact) mass is 316 g/mol. The molecule has 1 aromatic carbocycles. The number of benzene rings is 1. The van der Waals surface area contributed by atoms with Crippen LogP contribution in [0.4, 0.5) is 0 Å². The highest BCUT2D eigenvalue weighted by Gasteiger charge is 2.12. The first-order valence-corrected chi connectivity index (χ1v) is 8.06. The first-order valence-electron chi connectivity index (χ1n) is 8.06. The SMILES string of the molecule is CCC(O)CCNC(=O)CCc1nc(C)c(-c2ccccc2)o1. The molecule has 23 heavy (non-hydrogen) atoms. The van der Waals surface area contributed by atoms with Crippen molar-refractivity contribution in [3.05, 3.63) is 41.9 Å². The molecule has 0 aliphatic carbocycles. The lowest BCUT2D eigenvalue weighted by atomic mass is 10.1. The van der Waals surface area contributed by atoms with Gasteiger partial charge in [0.05, 0.1) is 11.8 Å². The Bertz CT molecular complexity index is 622. The molecule has 0 saturated carbocycles. The van der Waals surface area contributed by atoms with Gasteiger partial charge in [-0.05, 0) is 19.8 Å². The molecular weight excluding hydrogens is 292 g/mol. The normalized spacial score (nSPS) is 12.1. The van der Waals surface area contributed by atoms with E-state index < -0.39 is 0 Å². The summed E-state index contributed by atoms with van der Waals surface area (Å²) in [6.07, 6.45) is 1.73. The van der Waals surface area contributed by atoms with Crippen LogP contribution in [0, 0.1) is 6.92 Å². The summed E-state index contributed by atoms with van der Waals surface area (Å²) in [6.45, 7) is 4.32. The molecule has 2 aromatic rings. The Balaban J connectivity index is 1.84. The maximum atomic E-state index is 11.8. The highest BCUT2D eigenvalue weighted by molar-refractivity contribution is 5.76. The number of aromatic nitrogens is 1. The summed E-state index contributed by atoms with van der Waals surface area (Å²) >= 11 is 0. The number of rotatable bonds is 8. The minimum Gasteiger partial charge on any atom is -0.440 e. The van der Waals surface area contributed by atoms with Crippen LogP contribution in [0.5, 0.6) is 0 Å². The van der Waals surface area contributed by atoms with E-state index in [0.29, 0.717) is 38.1 Å². The average Bonchev–Trinajstić information content (AvgIpc) is 2.94. The molecular formula is C18H24N2O3. The molecule has 0 aliphatic rings. The van der Waals surface area contributed by atoms with Gasteiger partial charge < -0.3 is 14.8 Å². The number of aliphatic hydroxyl groups excluding tert-OH is 1. The van der Waals surface area contributed by atoms with Gasteiger partial charge in [0.2, 0.25) is 5.91 Å². The molecule has 1 atom stereocenters. The molecule has 1 unspecified atom stereocenters. The summed E-state index contributed by atoms with van der Waals surface area (Å²) in [7, 11) is 0. The first-order chi connectivity index (χ1) is 11.1. The van der Waals surface area contributed by atoms with Gasteiger partial charge in [-0.25, -0.2) is 4.98 Å². The number of nitrogens with one attached hydrogen (secondary N) is 1. The van der Waals surface area contributed by atoms with Crippen molar-refractivity contribution in [1.29, 1.82) is 0 Å². The fraction of sp³-hybridized carbons (Fsp3) is 0.444. The largest absolute Gasteiger partial charge is 0.440 e. The van der Waals surface area contributed by atoms with Crippen molar-refractivity contribution in [1.82, 2.24) is 10.3 Å². The van der Waals surface area contributed by atoms with E-state index >= 15 is 0 Å². The molecule has 0 aliphatic heterocycles. The fourth-order valence-electron chi connectivity index (χ4n) is 2.31. The van der Waals surface area contributed by atoms with Crippen LogP contribution in [0.25, 0.3) is 11.3 Å². The van der Waals surface area contributed by atoms with Gasteiger partial charge in [0, 0.05) is 24.9 Å². The van der Waals surface area contributed by atoms with Crippen molar-refractivity contribution in [3.8, 4) is 11.3 Å². The number of aliphatic hydroxyl groups is 1. The van der Waals surface area contributed by atoms with E-state index in [1.807, 2.05) is 44.2 Å². The zero-order valence-corrected chi connectivity index (χ0v) is 13.7. The summed E-state index contributed by atoms with van der Waals surface area (Å²) in [5.41, 5.74) is 1.82. The Hall–Kier alpha value is -2.14. The highest BCUT2D eigenvalue weighted by Crippen LogP contribution is 2.24. The number of hydrogen-bond acceptors (Lipinski definition) is 4. The molecule has 0 spiro atoms. The summed E-state index contributed by atoms with van der Waals surface area (Å²) in [4.78, 5) is 16.2. The predicted molar refractivity (Wildman–Crippen MR) is 88.9 cm³/mol. The second kappa shape index (κ2) is 8.48. The summed E-state index contributed by atoms with van der Waals surface area (Å²) in [5, 5.41) is 12.2. The first kappa shape index (κ1) is 17.2. The van der Waals surface area contributed by atoms with Crippen LogP contribution in [0.15, 0.2) is 34.7 Å². The lowest BCUT2D eigenvalue weighted by Gasteiger charge is -2.08. The van der Waals surface area contributed by atoms with Gasteiger partial charge in [0.15, 0.2) is 11.7 Å². The van der Waals surface area contributed by atoms with E-state index in [1.54, 1.807) is 0 Å². The molecule has 1 heterocycles. The van der Waals surface area contributed by atoms with Crippen molar-refractivity contribution in [2.24, 2.45) is 0 Å². The topological polar surface area (TPSA) is 75.4 Å². The Labute approximate surface area is 136 Å². The zero-order chi connectivity index (χ0) is 16.7. The number of nitrogens with zero attached hydrogens (tertiary/aromatic N) is 1. The number of carbonyl (C=O) groups is 1. The molecule has 0 radical (unpaired) electrons. The van der Waals surface area contributed by atoms with Crippen molar-refractivity contribution in [2.75, 3.05) is 6.54 Å². The van der Waals surface area contributed by atoms with E-state index in [4.69, 9.17) is 4.42 Å². The third-order valence-electron chi connectivity index (χ3n) is 3.71.